The van der Waals surface area contributed by atoms with Gasteiger partial charge >= 0.3 is 0 Å². The molecule has 2 nitrogen and oxygen atoms in total. The molecule has 0 aliphatic heterocycles. The van der Waals surface area contributed by atoms with E-state index < -0.39 is 8.07 Å². The maximum Gasteiger partial charge on any atom is 0.129 e. The van der Waals surface area contributed by atoms with E-state index in [4.69, 9.17) is 11.6 Å². The molecular formula is C14H17ClN2Si. The second kappa shape index (κ2) is 4.79. The number of aromatic amines is 1. The first-order chi connectivity index (χ1) is 8.42. The summed E-state index contributed by atoms with van der Waals surface area (Å²) in [5.41, 5.74) is 6.36. The number of aryl methyl sites for hydroxylation is 1. The lowest BCUT2D eigenvalue weighted by atomic mass is 10.1. The number of nitrogens with one attached hydrogen (secondary N) is 1. The predicted molar refractivity (Wildman–Crippen MR) is 80.7 cm³/mol. The summed E-state index contributed by atoms with van der Waals surface area (Å²) in [5.74, 6) is 3.31. The zero-order chi connectivity index (χ0) is 13.3. The van der Waals surface area contributed by atoms with E-state index in [1.54, 1.807) is 0 Å². The van der Waals surface area contributed by atoms with E-state index in [1.807, 2.05) is 12.1 Å². The van der Waals surface area contributed by atoms with E-state index >= 15 is 0 Å². The fraction of sp³-hybridized carbons (Fsp3) is 0.357. The lowest BCUT2D eigenvalue weighted by Gasteiger charge is -2.04. The first kappa shape index (κ1) is 13.2. The molecule has 0 spiro atoms. The van der Waals surface area contributed by atoms with Gasteiger partial charge in [0.15, 0.2) is 0 Å². The number of H-pyrrole nitrogens is 1. The van der Waals surface area contributed by atoms with Crippen LogP contribution in [0.1, 0.15) is 18.2 Å². The van der Waals surface area contributed by atoms with Gasteiger partial charge in [0.2, 0.25) is 0 Å². The molecule has 2 aromatic rings. The second-order valence-electron chi connectivity index (χ2n) is 5.37. The molecule has 0 saturated carbocycles. The average Bonchev–Trinajstić information content (AvgIpc) is 2.72. The zero-order valence-electron chi connectivity index (χ0n) is 11.2. The Bertz CT molecular complexity index is 641. The summed E-state index contributed by atoms with van der Waals surface area (Å²) in [6, 6.07) is 3.88. The van der Waals surface area contributed by atoms with E-state index in [2.05, 4.69) is 48.2 Å². The van der Waals surface area contributed by atoms with Gasteiger partial charge < -0.3 is 0 Å². The van der Waals surface area contributed by atoms with E-state index in [1.165, 1.54) is 0 Å². The van der Waals surface area contributed by atoms with Gasteiger partial charge in [0.1, 0.15) is 8.07 Å². The van der Waals surface area contributed by atoms with Crippen molar-refractivity contribution in [3.63, 3.8) is 0 Å². The van der Waals surface area contributed by atoms with Crippen molar-refractivity contribution >= 4 is 30.6 Å². The summed E-state index contributed by atoms with van der Waals surface area (Å²) in [6.45, 7) is 8.81. The molecule has 1 N–H and O–H groups in total. The van der Waals surface area contributed by atoms with Crippen LogP contribution in [0.2, 0.25) is 24.7 Å². The van der Waals surface area contributed by atoms with Crippen molar-refractivity contribution in [2.24, 2.45) is 0 Å². The number of hydrogen-bond acceptors (Lipinski definition) is 1. The summed E-state index contributed by atoms with van der Waals surface area (Å²) in [7, 11) is -1.37. The Kier molecular flexibility index (Phi) is 3.51. The highest BCUT2D eigenvalue weighted by Crippen LogP contribution is 2.27. The average molecular weight is 277 g/mol. The van der Waals surface area contributed by atoms with Gasteiger partial charge in [0.25, 0.3) is 0 Å². The Morgan fingerprint density at radius 1 is 1.33 bits per heavy atom. The number of aromatic nitrogens is 2. The topological polar surface area (TPSA) is 28.7 Å². The monoisotopic (exact) mass is 276 g/mol. The van der Waals surface area contributed by atoms with Crippen molar-refractivity contribution in [2.45, 2.75) is 33.0 Å². The lowest BCUT2D eigenvalue weighted by Crippen LogP contribution is -2.16. The Morgan fingerprint density at radius 2 is 2.06 bits per heavy atom. The van der Waals surface area contributed by atoms with Crippen molar-refractivity contribution < 1.29 is 0 Å². The molecule has 0 aliphatic carbocycles. The van der Waals surface area contributed by atoms with Crippen LogP contribution in [0.3, 0.4) is 0 Å². The molecule has 0 bridgehead atoms. The largest absolute Gasteiger partial charge is 0.276 e. The van der Waals surface area contributed by atoms with Crippen molar-refractivity contribution in [3.8, 4) is 11.5 Å². The van der Waals surface area contributed by atoms with Crippen LogP contribution in [0, 0.1) is 11.5 Å². The molecule has 18 heavy (non-hydrogen) atoms. The minimum absolute atomic E-state index is 0.704. The first-order valence-corrected chi connectivity index (χ1v) is 9.99. The fourth-order valence-corrected chi connectivity index (χ4v) is 2.49. The van der Waals surface area contributed by atoms with E-state index in [-0.39, 0.29) is 0 Å². The van der Waals surface area contributed by atoms with Gasteiger partial charge in [-0.25, -0.2) is 0 Å². The standard InChI is InChI=1S/C14H17ClN2Si/c1-5-12-13-10(8-9-18(2,3)4)6-7-11(15)14(13)17-16-12/h6-7H,5H2,1-4H3,(H,16,17). The summed E-state index contributed by atoms with van der Waals surface area (Å²) >= 11 is 6.18. The highest BCUT2D eigenvalue weighted by molar-refractivity contribution is 6.83. The molecule has 1 aromatic heterocycles. The second-order valence-corrected chi connectivity index (χ2v) is 10.5. The molecule has 0 radical (unpaired) electrons. The molecule has 4 heteroatoms. The smallest absolute Gasteiger partial charge is 0.129 e. The third kappa shape index (κ3) is 2.60. The Morgan fingerprint density at radius 3 is 2.67 bits per heavy atom. The summed E-state index contributed by atoms with van der Waals surface area (Å²) in [4.78, 5) is 0. The van der Waals surface area contributed by atoms with E-state index in [0.29, 0.717) is 5.02 Å². The van der Waals surface area contributed by atoms with Gasteiger partial charge in [-0.05, 0) is 18.6 Å². The van der Waals surface area contributed by atoms with Gasteiger partial charge in [0.05, 0.1) is 16.2 Å². The van der Waals surface area contributed by atoms with Crippen LogP contribution in [-0.2, 0) is 6.42 Å². The number of benzene rings is 1. The molecule has 0 aliphatic rings. The van der Waals surface area contributed by atoms with Crippen LogP contribution in [0.5, 0.6) is 0 Å². The number of nitrogens with zero attached hydrogens (tertiary/aromatic N) is 1. The Balaban J connectivity index is 2.67. The Hall–Kier alpha value is -1.24. The summed E-state index contributed by atoms with van der Waals surface area (Å²) in [6.07, 6.45) is 0.877. The van der Waals surface area contributed by atoms with Crippen LogP contribution in [-0.4, -0.2) is 18.3 Å². The molecule has 0 amide bonds. The van der Waals surface area contributed by atoms with E-state index in [9.17, 15) is 0 Å². The van der Waals surface area contributed by atoms with Gasteiger partial charge in [-0.15, -0.1) is 5.54 Å². The Labute approximate surface area is 114 Å². The van der Waals surface area contributed by atoms with Crippen molar-refractivity contribution in [3.05, 3.63) is 28.4 Å². The van der Waals surface area contributed by atoms with Gasteiger partial charge in [-0.3, -0.25) is 5.10 Å². The maximum absolute atomic E-state index is 6.18. The molecule has 0 atom stereocenters. The molecule has 1 heterocycles. The number of halogens is 1. The van der Waals surface area contributed by atoms with E-state index in [0.717, 1.165) is 28.6 Å². The van der Waals surface area contributed by atoms with Gasteiger partial charge in [-0.1, -0.05) is 44.1 Å². The molecular weight excluding hydrogens is 260 g/mol. The van der Waals surface area contributed by atoms with Crippen LogP contribution < -0.4 is 0 Å². The molecule has 0 saturated heterocycles. The van der Waals surface area contributed by atoms with Crippen LogP contribution in [0.25, 0.3) is 10.9 Å². The highest BCUT2D eigenvalue weighted by atomic mass is 35.5. The quantitative estimate of drug-likeness (QED) is 0.619. The minimum atomic E-state index is -1.37. The van der Waals surface area contributed by atoms with Gasteiger partial charge in [0, 0.05) is 10.9 Å². The SMILES string of the molecule is CCc1n[nH]c2c(Cl)ccc(C#C[Si](C)(C)C)c12. The molecule has 94 valence electrons. The van der Waals surface area contributed by atoms with Crippen LogP contribution >= 0.6 is 11.6 Å². The fourth-order valence-electron chi connectivity index (χ4n) is 1.78. The highest BCUT2D eigenvalue weighted by Gasteiger charge is 2.12. The molecule has 1 aromatic carbocycles. The lowest BCUT2D eigenvalue weighted by molar-refractivity contribution is 0.988. The van der Waals surface area contributed by atoms with Crippen molar-refractivity contribution in [1.82, 2.24) is 10.2 Å². The first-order valence-electron chi connectivity index (χ1n) is 6.11. The van der Waals surface area contributed by atoms with Crippen LogP contribution in [0.15, 0.2) is 12.1 Å². The third-order valence-corrected chi connectivity index (χ3v) is 3.84. The molecule has 0 unspecified atom stereocenters. The number of hydrogen-bond donors (Lipinski definition) is 1. The maximum atomic E-state index is 6.18. The normalized spacial score (nSPS) is 11.4. The minimum Gasteiger partial charge on any atom is -0.276 e. The predicted octanol–water partition coefficient (Wildman–Crippen LogP) is 4.01. The van der Waals surface area contributed by atoms with Crippen LogP contribution in [0.4, 0.5) is 0 Å². The number of fused-ring (bicyclic) bond motifs is 1. The number of rotatable bonds is 1. The van der Waals surface area contributed by atoms with Gasteiger partial charge in [-0.2, -0.15) is 5.10 Å². The molecule has 0 fully saturated rings. The summed E-state index contributed by atoms with van der Waals surface area (Å²) in [5, 5.41) is 9.10. The summed E-state index contributed by atoms with van der Waals surface area (Å²) < 4.78 is 0. The zero-order valence-corrected chi connectivity index (χ0v) is 12.9. The third-order valence-electron chi connectivity index (χ3n) is 2.65. The molecule has 2 rings (SSSR count). The van der Waals surface area contributed by atoms with Crippen molar-refractivity contribution in [2.75, 3.05) is 0 Å². The van der Waals surface area contributed by atoms with Crippen molar-refractivity contribution in [1.29, 1.82) is 0 Å².